The van der Waals surface area contributed by atoms with Gasteiger partial charge in [0.05, 0.1) is 9.79 Å². The first-order valence-corrected chi connectivity index (χ1v) is 10.1. The van der Waals surface area contributed by atoms with Crippen LogP contribution in [0, 0.1) is 0 Å². The molecular formula is C12H18ClNO4S2. The summed E-state index contributed by atoms with van der Waals surface area (Å²) in [5, 5.41) is 0. The molecule has 0 aromatic heterocycles. The van der Waals surface area contributed by atoms with Crippen molar-refractivity contribution in [2.75, 3.05) is 0 Å². The highest BCUT2D eigenvalue weighted by molar-refractivity contribution is 8.13. The Morgan fingerprint density at radius 2 is 1.75 bits per heavy atom. The average Bonchev–Trinajstić information content (AvgIpc) is 2.37. The molecule has 0 saturated carbocycles. The number of hydrogen-bond donors (Lipinski definition) is 1. The highest BCUT2D eigenvalue weighted by Gasteiger charge is 2.20. The fraction of sp³-hybridized carbons (Fsp3) is 0.500. The van der Waals surface area contributed by atoms with Crippen LogP contribution in [0.15, 0.2) is 34.1 Å². The topological polar surface area (TPSA) is 80.3 Å². The molecule has 0 heterocycles. The quantitative estimate of drug-likeness (QED) is 0.774. The van der Waals surface area contributed by atoms with Crippen molar-refractivity contribution in [3.8, 4) is 0 Å². The predicted molar refractivity (Wildman–Crippen MR) is 78.8 cm³/mol. The van der Waals surface area contributed by atoms with Gasteiger partial charge in [-0.15, -0.1) is 0 Å². The molecule has 5 nitrogen and oxygen atoms in total. The van der Waals surface area contributed by atoms with Crippen molar-refractivity contribution in [1.82, 2.24) is 4.72 Å². The second-order valence-corrected chi connectivity index (χ2v) is 8.71. The maximum atomic E-state index is 12.2. The third-order valence-electron chi connectivity index (χ3n) is 2.85. The van der Waals surface area contributed by atoms with Gasteiger partial charge in [-0.05, 0) is 31.0 Å². The zero-order valence-electron chi connectivity index (χ0n) is 11.3. The number of nitrogens with one attached hydrogen (secondary N) is 1. The first kappa shape index (κ1) is 17.4. The summed E-state index contributed by atoms with van der Waals surface area (Å²) >= 11 is 0. The molecule has 114 valence electrons. The Hall–Kier alpha value is -0.630. The van der Waals surface area contributed by atoms with Crippen LogP contribution in [0.1, 0.15) is 33.1 Å². The third-order valence-corrected chi connectivity index (χ3v) is 5.72. The Labute approximate surface area is 124 Å². The lowest BCUT2D eigenvalue weighted by molar-refractivity contribution is 0.512. The van der Waals surface area contributed by atoms with E-state index < -0.39 is 19.1 Å². The highest BCUT2D eigenvalue weighted by atomic mass is 35.7. The second-order valence-electron chi connectivity index (χ2n) is 4.43. The molecule has 0 spiro atoms. The minimum atomic E-state index is -3.95. The molecule has 20 heavy (non-hydrogen) atoms. The smallest absolute Gasteiger partial charge is 0.208 e. The monoisotopic (exact) mass is 339 g/mol. The normalized spacial score (nSPS) is 14.2. The van der Waals surface area contributed by atoms with Gasteiger partial charge in [-0.2, -0.15) is 0 Å². The molecule has 1 aromatic rings. The van der Waals surface area contributed by atoms with Gasteiger partial charge >= 0.3 is 0 Å². The minimum Gasteiger partial charge on any atom is -0.208 e. The summed E-state index contributed by atoms with van der Waals surface area (Å²) in [4.78, 5) is -0.334. The van der Waals surface area contributed by atoms with Crippen molar-refractivity contribution < 1.29 is 16.8 Å². The Bertz CT molecular complexity index is 656. The lowest BCUT2D eigenvalue weighted by atomic mass is 10.1. The van der Waals surface area contributed by atoms with Crippen LogP contribution in [0.25, 0.3) is 0 Å². The van der Waals surface area contributed by atoms with Crippen LogP contribution in [0.4, 0.5) is 0 Å². The zero-order valence-corrected chi connectivity index (χ0v) is 13.7. The van der Waals surface area contributed by atoms with Crippen molar-refractivity contribution in [3.63, 3.8) is 0 Å². The molecule has 0 aliphatic rings. The van der Waals surface area contributed by atoms with Gasteiger partial charge in [-0.25, -0.2) is 21.6 Å². The van der Waals surface area contributed by atoms with Crippen LogP contribution in [-0.2, 0) is 19.1 Å². The summed E-state index contributed by atoms with van der Waals surface area (Å²) in [7, 11) is -2.48. The molecule has 8 heteroatoms. The molecule has 0 radical (unpaired) electrons. The summed E-state index contributed by atoms with van der Waals surface area (Å²) < 4.78 is 49.5. The molecule has 0 fully saturated rings. The number of sulfonamides is 1. The molecule has 1 atom stereocenters. The Morgan fingerprint density at radius 1 is 1.15 bits per heavy atom. The van der Waals surface area contributed by atoms with Crippen LogP contribution in [0.3, 0.4) is 0 Å². The van der Waals surface area contributed by atoms with Gasteiger partial charge in [-0.3, -0.25) is 0 Å². The van der Waals surface area contributed by atoms with Crippen molar-refractivity contribution in [2.24, 2.45) is 0 Å². The van der Waals surface area contributed by atoms with Gasteiger partial charge in [0, 0.05) is 16.7 Å². The molecule has 0 aliphatic carbocycles. The number of benzene rings is 1. The van der Waals surface area contributed by atoms with Crippen molar-refractivity contribution in [3.05, 3.63) is 24.3 Å². The first-order chi connectivity index (χ1) is 9.20. The van der Waals surface area contributed by atoms with E-state index in [4.69, 9.17) is 10.7 Å². The van der Waals surface area contributed by atoms with Crippen LogP contribution in [0.2, 0.25) is 0 Å². The van der Waals surface area contributed by atoms with E-state index in [9.17, 15) is 16.8 Å². The van der Waals surface area contributed by atoms with E-state index in [1.807, 2.05) is 13.8 Å². The van der Waals surface area contributed by atoms with Gasteiger partial charge in [0.2, 0.25) is 10.0 Å². The Balaban J connectivity index is 3.10. The molecule has 0 aliphatic heterocycles. The number of hydrogen-bond acceptors (Lipinski definition) is 4. The van der Waals surface area contributed by atoms with Gasteiger partial charge in [0.25, 0.3) is 9.05 Å². The number of halogens is 1. The molecule has 1 N–H and O–H groups in total. The van der Waals surface area contributed by atoms with Gasteiger partial charge in [0.1, 0.15) is 0 Å². The van der Waals surface area contributed by atoms with Gasteiger partial charge in [-0.1, -0.05) is 26.3 Å². The lowest BCUT2D eigenvalue weighted by Gasteiger charge is -2.16. The van der Waals surface area contributed by atoms with Gasteiger partial charge in [0.15, 0.2) is 0 Å². The molecule has 1 rings (SSSR count). The van der Waals surface area contributed by atoms with E-state index in [1.54, 1.807) is 0 Å². The molecule has 0 saturated heterocycles. The Morgan fingerprint density at radius 3 is 2.25 bits per heavy atom. The third kappa shape index (κ3) is 4.73. The SMILES string of the molecule is CCCC(CC)NS(=O)(=O)c1cccc(S(=O)(=O)Cl)c1. The van der Waals surface area contributed by atoms with Crippen LogP contribution >= 0.6 is 10.7 Å². The van der Waals surface area contributed by atoms with Crippen LogP contribution in [-0.4, -0.2) is 22.9 Å². The summed E-state index contributed by atoms with van der Waals surface area (Å²) in [6.45, 7) is 3.86. The summed E-state index contributed by atoms with van der Waals surface area (Å²) in [6.07, 6.45) is 2.25. The number of rotatable bonds is 7. The summed E-state index contributed by atoms with van der Waals surface area (Å²) in [5.41, 5.74) is 0. The summed E-state index contributed by atoms with van der Waals surface area (Å²) in [5.74, 6) is 0. The first-order valence-electron chi connectivity index (χ1n) is 6.27. The average molecular weight is 340 g/mol. The fourth-order valence-electron chi connectivity index (χ4n) is 1.78. The largest absolute Gasteiger partial charge is 0.261 e. The van der Waals surface area contributed by atoms with Crippen molar-refractivity contribution in [2.45, 2.75) is 48.9 Å². The summed E-state index contributed by atoms with van der Waals surface area (Å²) in [6, 6.07) is 4.84. The fourth-order valence-corrected chi connectivity index (χ4v) is 4.05. The molecule has 0 bridgehead atoms. The Kier molecular flexibility index (Phi) is 6.00. The van der Waals surface area contributed by atoms with Crippen molar-refractivity contribution >= 4 is 29.8 Å². The lowest BCUT2D eigenvalue weighted by Crippen LogP contribution is -2.34. The molecular weight excluding hydrogens is 322 g/mol. The predicted octanol–water partition coefficient (Wildman–Crippen LogP) is 2.47. The maximum Gasteiger partial charge on any atom is 0.261 e. The van der Waals surface area contributed by atoms with E-state index in [0.29, 0.717) is 6.42 Å². The maximum absolute atomic E-state index is 12.2. The van der Waals surface area contributed by atoms with E-state index in [0.717, 1.165) is 18.9 Å². The second kappa shape index (κ2) is 6.89. The highest BCUT2D eigenvalue weighted by Crippen LogP contribution is 2.19. The zero-order chi connectivity index (χ0) is 15.4. The molecule has 1 unspecified atom stereocenters. The van der Waals surface area contributed by atoms with E-state index in [2.05, 4.69) is 4.72 Å². The molecule has 0 amide bonds. The van der Waals surface area contributed by atoms with E-state index in [1.165, 1.54) is 18.2 Å². The van der Waals surface area contributed by atoms with E-state index in [-0.39, 0.29) is 15.8 Å². The molecule has 1 aromatic carbocycles. The standard InChI is InChI=1S/C12H18ClNO4S2/c1-3-6-10(4-2)14-20(17,18)12-8-5-7-11(9-12)19(13,15)16/h5,7-10,14H,3-4,6H2,1-2H3. The van der Waals surface area contributed by atoms with Crippen LogP contribution in [0.5, 0.6) is 0 Å². The van der Waals surface area contributed by atoms with Crippen molar-refractivity contribution in [1.29, 1.82) is 0 Å². The van der Waals surface area contributed by atoms with E-state index >= 15 is 0 Å². The van der Waals surface area contributed by atoms with Gasteiger partial charge < -0.3 is 0 Å². The minimum absolute atomic E-state index is 0.103. The van der Waals surface area contributed by atoms with Crippen LogP contribution < -0.4 is 4.72 Å².